The zero-order valence-electron chi connectivity index (χ0n) is 15.4. The predicted octanol–water partition coefficient (Wildman–Crippen LogP) is 2.92. The van der Waals surface area contributed by atoms with Crippen LogP contribution >= 0.6 is 0 Å². The summed E-state index contributed by atoms with van der Waals surface area (Å²) in [5.41, 5.74) is 1.21. The smallest absolute Gasteiger partial charge is 0.245 e. The maximum Gasteiger partial charge on any atom is 0.245 e. The molecule has 2 aromatic rings. The Morgan fingerprint density at radius 3 is 2.48 bits per heavy atom. The van der Waals surface area contributed by atoms with Crippen molar-refractivity contribution in [2.24, 2.45) is 0 Å². The van der Waals surface area contributed by atoms with Crippen molar-refractivity contribution in [3.63, 3.8) is 0 Å². The maximum atomic E-state index is 13.2. The molecule has 1 saturated carbocycles. The quantitative estimate of drug-likeness (QED) is 0.861. The molecule has 1 aliphatic heterocycles. The maximum absolute atomic E-state index is 13.2. The summed E-state index contributed by atoms with van der Waals surface area (Å²) in [6.45, 7) is 1.71. The normalized spacial score (nSPS) is 25.1. The van der Waals surface area contributed by atoms with Crippen LogP contribution in [0.1, 0.15) is 67.8 Å². The Kier molecular flexibility index (Phi) is 5.05. The Bertz CT molecular complexity index is 888. The van der Waals surface area contributed by atoms with Crippen LogP contribution in [0.5, 0.6) is 0 Å². The molecule has 0 unspecified atom stereocenters. The molecule has 1 aromatic heterocycles. The first-order valence-corrected chi connectivity index (χ1v) is 11.0. The molecule has 146 valence electrons. The summed E-state index contributed by atoms with van der Waals surface area (Å²) in [6.07, 6.45) is 5.60. The molecule has 8 heteroatoms. The average Bonchev–Trinajstić information content (AvgIpc) is 3.28. The molecule has 0 amide bonds. The van der Waals surface area contributed by atoms with Crippen LogP contribution in [-0.2, 0) is 10.0 Å². The number of aromatic nitrogens is 2. The molecule has 1 saturated heterocycles. The van der Waals surface area contributed by atoms with Gasteiger partial charge in [0.05, 0.1) is 11.0 Å². The van der Waals surface area contributed by atoms with Crippen molar-refractivity contribution in [3.8, 4) is 0 Å². The monoisotopic (exact) mass is 391 g/mol. The second kappa shape index (κ2) is 7.33. The van der Waals surface area contributed by atoms with Crippen molar-refractivity contribution in [1.29, 1.82) is 0 Å². The van der Waals surface area contributed by atoms with Gasteiger partial charge >= 0.3 is 0 Å². The van der Waals surface area contributed by atoms with Crippen LogP contribution in [-0.4, -0.2) is 40.6 Å². The van der Waals surface area contributed by atoms with Gasteiger partial charge in [-0.2, -0.15) is 9.29 Å². The minimum Gasteiger partial charge on any atom is -0.392 e. The second-order valence-corrected chi connectivity index (χ2v) is 9.45. The van der Waals surface area contributed by atoms with Gasteiger partial charge in [-0.25, -0.2) is 8.42 Å². The number of aliphatic hydroxyl groups is 1. The van der Waals surface area contributed by atoms with Crippen LogP contribution in [0.4, 0.5) is 0 Å². The summed E-state index contributed by atoms with van der Waals surface area (Å²) >= 11 is 0. The Morgan fingerprint density at radius 2 is 1.85 bits per heavy atom. The van der Waals surface area contributed by atoms with E-state index in [4.69, 9.17) is 4.52 Å². The highest BCUT2D eigenvalue weighted by Crippen LogP contribution is 2.37. The number of rotatable bonds is 4. The highest BCUT2D eigenvalue weighted by molar-refractivity contribution is 7.89. The van der Waals surface area contributed by atoms with Crippen LogP contribution < -0.4 is 0 Å². The molecule has 1 aliphatic carbocycles. The van der Waals surface area contributed by atoms with Gasteiger partial charge in [0.25, 0.3) is 0 Å². The van der Waals surface area contributed by atoms with E-state index >= 15 is 0 Å². The SMILES string of the molecule is Cc1noc([C@H]2C[C@H](O)CN2S(=O)(=O)c2ccc(C3CCCCC3)cc2)n1. The number of aliphatic hydroxyl groups excluding tert-OH is 1. The average molecular weight is 391 g/mol. The first-order valence-electron chi connectivity index (χ1n) is 9.55. The molecule has 2 atom stereocenters. The lowest BCUT2D eigenvalue weighted by atomic mass is 9.84. The third-order valence-electron chi connectivity index (χ3n) is 5.63. The molecule has 1 N–H and O–H groups in total. The summed E-state index contributed by atoms with van der Waals surface area (Å²) in [4.78, 5) is 4.40. The van der Waals surface area contributed by atoms with Crippen LogP contribution in [0.25, 0.3) is 0 Å². The zero-order chi connectivity index (χ0) is 19.0. The van der Waals surface area contributed by atoms with Gasteiger partial charge in [-0.1, -0.05) is 36.6 Å². The van der Waals surface area contributed by atoms with Crippen LogP contribution in [0.3, 0.4) is 0 Å². The number of aryl methyl sites for hydroxylation is 1. The lowest BCUT2D eigenvalue weighted by Crippen LogP contribution is -2.32. The van der Waals surface area contributed by atoms with Crippen LogP contribution in [0, 0.1) is 6.92 Å². The molecule has 2 fully saturated rings. The Balaban J connectivity index is 1.59. The molecule has 2 heterocycles. The van der Waals surface area contributed by atoms with Crippen LogP contribution in [0.2, 0.25) is 0 Å². The van der Waals surface area contributed by atoms with E-state index in [0.717, 1.165) is 0 Å². The number of benzene rings is 1. The third kappa shape index (κ3) is 3.66. The minimum absolute atomic E-state index is 0.0266. The first-order chi connectivity index (χ1) is 12.9. The molecule has 0 bridgehead atoms. The molecule has 2 aliphatic rings. The number of sulfonamides is 1. The molecule has 0 spiro atoms. The van der Waals surface area contributed by atoms with Gasteiger partial charge in [-0.3, -0.25) is 0 Å². The molecule has 4 rings (SSSR count). The van der Waals surface area contributed by atoms with E-state index in [1.54, 1.807) is 19.1 Å². The van der Waals surface area contributed by atoms with Crippen molar-refractivity contribution in [2.75, 3.05) is 6.54 Å². The summed E-state index contributed by atoms with van der Waals surface area (Å²) in [5.74, 6) is 1.20. The van der Waals surface area contributed by atoms with Crippen LogP contribution in [0.15, 0.2) is 33.7 Å². The lowest BCUT2D eigenvalue weighted by Gasteiger charge is -2.23. The molecular weight excluding hydrogens is 366 g/mol. The van der Waals surface area contributed by atoms with Crippen molar-refractivity contribution in [2.45, 2.75) is 68.4 Å². The fourth-order valence-corrected chi connectivity index (χ4v) is 5.84. The summed E-state index contributed by atoms with van der Waals surface area (Å²) in [7, 11) is -3.76. The predicted molar refractivity (Wildman–Crippen MR) is 98.6 cm³/mol. The Labute approximate surface area is 159 Å². The second-order valence-electron chi connectivity index (χ2n) is 7.56. The number of hydrogen-bond acceptors (Lipinski definition) is 6. The van der Waals surface area contributed by atoms with Gasteiger partial charge in [-0.05, 0) is 43.4 Å². The van der Waals surface area contributed by atoms with Gasteiger partial charge < -0.3 is 9.63 Å². The highest BCUT2D eigenvalue weighted by Gasteiger charge is 2.43. The summed E-state index contributed by atoms with van der Waals surface area (Å²) in [6, 6.07) is 6.59. The summed E-state index contributed by atoms with van der Waals surface area (Å²) < 4.78 is 32.8. The summed E-state index contributed by atoms with van der Waals surface area (Å²) in [5, 5.41) is 13.8. The molecular formula is C19H25N3O4S. The van der Waals surface area contributed by atoms with Crippen molar-refractivity contribution >= 4 is 10.0 Å². The van der Waals surface area contributed by atoms with E-state index in [1.165, 1.54) is 42.0 Å². The third-order valence-corrected chi connectivity index (χ3v) is 7.51. The minimum atomic E-state index is -3.76. The van der Waals surface area contributed by atoms with E-state index in [0.29, 0.717) is 11.7 Å². The van der Waals surface area contributed by atoms with Gasteiger partial charge in [-0.15, -0.1) is 0 Å². The number of β-amino-alcohol motifs (C(OH)–C–C–N with tert-alkyl or cyclic N) is 1. The zero-order valence-corrected chi connectivity index (χ0v) is 16.2. The standard InChI is InChI=1S/C19H25N3O4S/c1-13-20-19(26-21-13)18-11-16(23)12-22(18)27(24,25)17-9-7-15(8-10-17)14-5-3-2-4-6-14/h7-10,14,16,18,23H,2-6,11-12H2,1H3/t16-,18+/m0/s1. The van der Waals surface area contributed by atoms with Gasteiger partial charge in [0.2, 0.25) is 15.9 Å². The van der Waals surface area contributed by atoms with Gasteiger partial charge in [0, 0.05) is 13.0 Å². The Morgan fingerprint density at radius 1 is 1.15 bits per heavy atom. The van der Waals surface area contributed by atoms with E-state index in [-0.39, 0.29) is 23.8 Å². The fraction of sp³-hybridized carbons (Fsp3) is 0.579. The molecule has 27 heavy (non-hydrogen) atoms. The van der Waals surface area contributed by atoms with E-state index in [1.807, 2.05) is 12.1 Å². The van der Waals surface area contributed by atoms with Crippen molar-refractivity contribution < 1.29 is 18.0 Å². The Hall–Kier alpha value is -1.77. The van der Waals surface area contributed by atoms with Crippen molar-refractivity contribution in [3.05, 3.63) is 41.5 Å². The van der Waals surface area contributed by atoms with Gasteiger partial charge in [0.15, 0.2) is 5.82 Å². The van der Waals surface area contributed by atoms with Gasteiger partial charge in [0.1, 0.15) is 6.04 Å². The molecule has 0 radical (unpaired) electrons. The highest BCUT2D eigenvalue weighted by atomic mass is 32.2. The fourth-order valence-electron chi connectivity index (χ4n) is 4.21. The number of nitrogens with zero attached hydrogens (tertiary/aromatic N) is 3. The largest absolute Gasteiger partial charge is 0.392 e. The first kappa shape index (κ1) is 18.6. The molecule has 1 aromatic carbocycles. The topological polar surface area (TPSA) is 96.5 Å². The van der Waals surface area contributed by atoms with E-state index in [9.17, 15) is 13.5 Å². The lowest BCUT2D eigenvalue weighted by molar-refractivity contribution is 0.188. The number of hydrogen-bond donors (Lipinski definition) is 1. The van der Waals surface area contributed by atoms with E-state index < -0.39 is 22.2 Å². The van der Waals surface area contributed by atoms with E-state index in [2.05, 4.69) is 10.1 Å². The van der Waals surface area contributed by atoms with Crippen molar-refractivity contribution in [1.82, 2.24) is 14.4 Å². The molecule has 7 nitrogen and oxygen atoms in total.